The molecule has 14 heavy (non-hydrogen) atoms. The summed E-state index contributed by atoms with van der Waals surface area (Å²) < 4.78 is 0. The highest BCUT2D eigenvalue weighted by Crippen LogP contribution is 2.32. The van der Waals surface area contributed by atoms with Crippen molar-refractivity contribution in [2.24, 2.45) is 5.10 Å². The number of aromatic nitrogens is 2. The van der Waals surface area contributed by atoms with E-state index in [1.54, 1.807) is 18.5 Å². The Kier molecular flexibility index (Phi) is 1.30. The Morgan fingerprint density at radius 1 is 1.43 bits per heavy atom. The number of allylic oxidation sites excluding steroid dienone is 1. The minimum Gasteiger partial charge on any atom is -0.512 e. The van der Waals surface area contributed by atoms with Gasteiger partial charge in [0.25, 0.3) is 0 Å². The highest BCUT2D eigenvalue weighted by atomic mass is 16.3. The van der Waals surface area contributed by atoms with E-state index in [4.69, 9.17) is 0 Å². The number of aliphatic hydroxyl groups is 1. The fourth-order valence-corrected chi connectivity index (χ4v) is 1.74. The van der Waals surface area contributed by atoms with Gasteiger partial charge in [0.1, 0.15) is 0 Å². The molecule has 2 heterocycles. The summed E-state index contributed by atoms with van der Waals surface area (Å²) in [6.07, 6.45) is 5.66. The minimum absolute atomic E-state index is 0.325. The Morgan fingerprint density at radius 2 is 2.36 bits per heavy atom. The van der Waals surface area contributed by atoms with Crippen molar-refractivity contribution >= 4 is 17.9 Å². The van der Waals surface area contributed by atoms with Crippen LogP contribution in [-0.2, 0) is 0 Å². The van der Waals surface area contributed by atoms with Gasteiger partial charge in [0.2, 0.25) is 0 Å². The van der Waals surface area contributed by atoms with Crippen molar-refractivity contribution in [1.29, 1.82) is 0 Å². The molecule has 0 aromatic carbocycles. The molecule has 0 spiro atoms. The third-order valence-corrected chi connectivity index (χ3v) is 2.33. The maximum absolute atomic E-state index is 9.48. The number of hydrazone groups is 1. The van der Waals surface area contributed by atoms with E-state index in [-0.39, 0.29) is 0 Å². The molecule has 2 aliphatic rings. The van der Waals surface area contributed by atoms with Crippen molar-refractivity contribution in [3.63, 3.8) is 0 Å². The molecule has 1 aromatic heterocycles. The molecule has 0 bridgehead atoms. The van der Waals surface area contributed by atoms with Gasteiger partial charge in [-0.3, -0.25) is 10.5 Å². The molecule has 0 unspecified atom stereocenters. The average molecular weight is 188 g/mol. The Balaban J connectivity index is 2.31. The van der Waals surface area contributed by atoms with Crippen molar-refractivity contribution in [2.45, 2.75) is 6.42 Å². The van der Waals surface area contributed by atoms with Crippen LogP contribution in [0.15, 0.2) is 17.1 Å². The monoisotopic (exact) mass is 188 g/mol. The number of hydrogen-bond donors (Lipinski definition) is 3. The summed E-state index contributed by atoms with van der Waals surface area (Å²) in [6, 6.07) is 0. The van der Waals surface area contributed by atoms with Crippen LogP contribution >= 0.6 is 0 Å². The van der Waals surface area contributed by atoms with Crippen molar-refractivity contribution in [2.75, 3.05) is 0 Å². The first-order chi connectivity index (χ1) is 6.84. The lowest BCUT2D eigenvalue weighted by Crippen LogP contribution is -2.00. The summed E-state index contributed by atoms with van der Waals surface area (Å²) in [5, 5.41) is 20.4. The van der Waals surface area contributed by atoms with Crippen molar-refractivity contribution in [3.8, 4) is 0 Å². The molecular formula is C9H8N4O. The second-order valence-corrected chi connectivity index (χ2v) is 3.27. The molecule has 0 radical (unpaired) electrons. The topological polar surface area (TPSA) is 73.3 Å². The molecule has 70 valence electrons. The molecule has 1 aliphatic carbocycles. The molecule has 3 rings (SSSR count). The molecule has 5 nitrogen and oxygen atoms in total. The lowest BCUT2D eigenvalue weighted by Gasteiger charge is -2.11. The third kappa shape index (κ3) is 0.891. The molecule has 0 saturated carbocycles. The molecule has 0 fully saturated rings. The van der Waals surface area contributed by atoms with Crippen LogP contribution in [0.25, 0.3) is 11.6 Å². The predicted molar refractivity (Wildman–Crippen MR) is 52.5 cm³/mol. The van der Waals surface area contributed by atoms with Gasteiger partial charge in [-0.15, -0.1) is 0 Å². The number of H-pyrrole nitrogens is 1. The van der Waals surface area contributed by atoms with Crippen LogP contribution in [0, 0.1) is 0 Å². The highest BCUT2D eigenvalue weighted by Gasteiger charge is 2.21. The maximum atomic E-state index is 9.48. The Labute approximate surface area is 79.8 Å². The van der Waals surface area contributed by atoms with Crippen molar-refractivity contribution in [3.05, 3.63) is 28.9 Å². The largest absolute Gasteiger partial charge is 0.512 e. The van der Waals surface area contributed by atoms with E-state index < -0.39 is 0 Å². The summed E-state index contributed by atoms with van der Waals surface area (Å²) in [7, 11) is 0. The first-order valence-electron chi connectivity index (χ1n) is 4.30. The van der Waals surface area contributed by atoms with E-state index in [0.29, 0.717) is 12.2 Å². The molecule has 0 atom stereocenters. The van der Waals surface area contributed by atoms with E-state index in [9.17, 15) is 5.11 Å². The number of aliphatic hydroxyl groups excluding tert-OH is 1. The minimum atomic E-state index is 0.325. The summed E-state index contributed by atoms with van der Waals surface area (Å²) in [5.74, 6) is 0.325. The fourth-order valence-electron chi connectivity index (χ4n) is 1.74. The summed E-state index contributed by atoms with van der Waals surface area (Å²) >= 11 is 0. The molecule has 1 aliphatic heterocycles. The van der Waals surface area contributed by atoms with E-state index in [0.717, 1.165) is 22.5 Å². The molecule has 0 saturated heterocycles. The number of rotatable bonds is 0. The second kappa shape index (κ2) is 2.47. The first kappa shape index (κ1) is 7.37. The van der Waals surface area contributed by atoms with Gasteiger partial charge in [-0.25, -0.2) is 0 Å². The summed E-state index contributed by atoms with van der Waals surface area (Å²) in [4.78, 5) is 0. The number of aromatic amines is 1. The molecular weight excluding hydrogens is 180 g/mol. The van der Waals surface area contributed by atoms with Crippen LogP contribution < -0.4 is 5.43 Å². The van der Waals surface area contributed by atoms with E-state index in [2.05, 4.69) is 20.7 Å². The molecule has 0 amide bonds. The summed E-state index contributed by atoms with van der Waals surface area (Å²) in [5.41, 5.74) is 6.45. The van der Waals surface area contributed by atoms with E-state index in [1.165, 1.54) is 0 Å². The predicted octanol–water partition coefficient (Wildman–Crippen LogP) is 0.990. The zero-order chi connectivity index (χ0) is 9.54. The molecule has 3 N–H and O–H groups in total. The van der Waals surface area contributed by atoms with Crippen LogP contribution in [0.4, 0.5) is 0 Å². The molecule has 1 aromatic rings. The van der Waals surface area contributed by atoms with Gasteiger partial charge >= 0.3 is 0 Å². The fraction of sp³-hybridized carbons (Fsp3) is 0.111. The zero-order valence-corrected chi connectivity index (χ0v) is 7.28. The maximum Gasteiger partial charge on any atom is 0.0989 e. The summed E-state index contributed by atoms with van der Waals surface area (Å²) in [6.45, 7) is 0. The smallest absolute Gasteiger partial charge is 0.0989 e. The lowest BCUT2D eigenvalue weighted by atomic mass is 9.95. The number of nitrogens with one attached hydrogen (secondary N) is 2. The van der Waals surface area contributed by atoms with E-state index in [1.807, 2.05) is 0 Å². The Morgan fingerprint density at radius 3 is 3.29 bits per heavy atom. The van der Waals surface area contributed by atoms with Gasteiger partial charge in [-0.05, 0) is 5.57 Å². The number of nitrogens with zero attached hydrogens (tertiary/aromatic N) is 2. The normalized spacial score (nSPS) is 17.7. The van der Waals surface area contributed by atoms with Gasteiger partial charge in [0, 0.05) is 24.3 Å². The highest BCUT2D eigenvalue weighted by molar-refractivity contribution is 5.92. The van der Waals surface area contributed by atoms with Gasteiger partial charge in [0.05, 0.1) is 23.4 Å². The van der Waals surface area contributed by atoms with Gasteiger partial charge < -0.3 is 5.11 Å². The van der Waals surface area contributed by atoms with Gasteiger partial charge in [0.15, 0.2) is 0 Å². The lowest BCUT2D eigenvalue weighted by molar-refractivity contribution is 0.407. The van der Waals surface area contributed by atoms with Gasteiger partial charge in [-0.1, -0.05) is 0 Å². The van der Waals surface area contributed by atoms with Crippen LogP contribution in [-0.4, -0.2) is 21.5 Å². The van der Waals surface area contributed by atoms with Gasteiger partial charge in [-0.2, -0.15) is 10.2 Å². The van der Waals surface area contributed by atoms with Crippen LogP contribution in [0.1, 0.15) is 23.4 Å². The van der Waals surface area contributed by atoms with Crippen LogP contribution in [0.5, 0.6) is 0 Å². The van der Waals surface area contributed by atoms with Crippen LogP contribution in [0.2, 0.25) is 0 Å². The Bertz CT molecular complexity index is 481. The second-order valence-electron chi connectivity index (χ2n) is 3.27. The van der Waals surface area contributed by atoms with E-state index >= 15 is 0 Å². The molecule has 5 heteroatoms. The first-order valence-corrected chi connectivity index (χ1v) is 4.30. The van der Waals surface area contributed by atoms with Crippen molar-refractivity contribution < 1.29 is 5.11 Å². The Hall–Kier alpha value is -2.04. The average Bonchev–Trinajstić information content (AvgIpc) is 2.43. The SMILES string of the molecule is OC1=Cc2n[nH]c3c2C(=CNN=C3)C1. The van der Waals surface area contributed by atoms with Crippen molar-refractivity contribution in [1.82, 2.24) is 15.6 Å². The zero-order valence-electron chi connectivity index (χ0n) is 7.28. The third-order valence-electron chi connectivity index (χ3n) is 2.33. The number of hydrogen-bond acceptors (Lipinski definition) is 4. The van der Waals surface area contributed by atoms with Crippen LogP contribution in [0.3, 0.4) is 0 Å². The quantitative estimate of drug-likeness (QED) is 0.568. The standard InChI is InChI=1S/C9H8N4O/c14-6-1-5-3-10-11-4-8-9(5)7(2-6)12-13-8/h2-4,10,14H,1H2,(H,12,13).